The van der Waals surface area contributed by atoms with E-state index in [9.17, 15) is 9.18 Å². The maximum Gasteiger partial charge on any atom is 0.241 e. The smallest absolute Gasteiger partial charge is 0.241 e. The zero-order valence-electron chi connectivity index (χ0n) is 12.2. The molecular formula is C16H21FN2O2. The number of benzene rings is 1. The van der Waals surface area contributed by atoms with Crippen molar-refractivity contribution in [1.82, 2.24) is 10.2 Å². The second kappa shape index (κ2) is 6.12. The summed E-state index contributed by atoms with van der Waals surface area (Å²) in [5.74, 6) is 0.169. The summed E-state index contributed by atoms with van der Waals surface area (Å²) < 4.78 is 18.9. The molecule has 21 heavy (non-hydrogen) atoms. The first-order valence-electron chi connectivity index (χ1n) is 7.55. The SMILES string of the molecule is CC1NC(c2cccc(F)c2)N(CC2CCCOC2)C1=O. The molecule has 5 heteroatoms. The highest BCUT2D eigenvalue weighted by atomic mass is 19.1. The van der Waals surface area contributed by atoms with Crippen molar-refractivity contribution in [2.45, 2.75) is 32.0 Å². The van der Waals surface area contributed by atoms with Crippen LogP contribution in [0.4, 0.5) is 4.39 Å². The zero-order valence-corrected chi connectivity index (χ0v) is 12.2. The summed E-state index contributed by atoms with van der Waals surface area (Å²) in [6, 6.07) is 6.22. The molecule has 0 spiro atoms. The minimum absolute atomic E-state index is 0.0786. The van der Waals surface area contributed by atoms with Gasteiger partial charge in [0, 0.05) is 19.1 Å². The van der Waals surface area contributed by atoms with Gasteiger partial charge in [-0.2, -0.15) is 0 Å². The summed E-state index contributed by atoms with van der Waals surface area (Å²) in [5, 5.41) is 3.26. The number of rotatable bonds is 3. The molecule has 2 fully saturated rings. The van der Waals surface area contributed by atoms with Crippen LogP contribution in [-0.4, -0.2) is 36.6 Å². The Bertz CT molecular complexity index is 517. The number of ether oxygens (including phenoxy) is 1. The highest BCUT2D eigenvalue weighted by Crippen LogP contribution is 2.28. The van der Waals surface area contributed by atoms with Gasteiger partial charge < -0.3 is 9.64 Å². The van der Waals surface area contributed by atoms with Gasteiger partial charge in [-0.1, -0.05) is 12.1 Å². The van der Waals surface area contributed by atoms with Crippen LogP contribution in [0, 0.1) is 11.7 Å². The molecule has 3 unspecified atom stereocenters. The van der Waals surface area contributed by atoms with Gasteiger partial charge in [-0.25, -0.2) is 4.39 Å². The maximum atomic E-state index is 13.4. The molecule has 2 aliphatic rings. The third-order valence-electron chi connectivity index (χ3n) is 4.25. The van der Waals surface area contributed by atoms with Crippen LogP contribution in [0.25, 0.3) is 0 Å². The van der Waals surface area contributed by atoms with E-state index in [1.54, 1.807) is 6.07 Å². The molecule has 0 saturated carbocycles. The van der Waals surface area contributed by atoms with Crippen molar-refractivity contribution >= 4 is 5.91 Å². The molecule has 4 nitrogen and oxygen atoms in total. The van der Waals surface area contributed by atoms with Gasteiger partial charge in [-0.15, -0.1) is 0 Å². The van der Waals surface area contributed by atoms with Crippen molar-refractivity contribution in [3.8, 4) is 0 Å². The Morgan fingerprint density at radius 1 is 1.48 bits per heavy atom. The largest absolute Gasteiger partial charge is 0.381 e. The molecule has 0 bridgehead atoms. The van der Waals surface area contributed by atoms with Crippen molar-refractivity contribution in [1.29, 1.82) is 0 Å². The van der Waals surface area contributed by atoms with E-state index < -0.39 is 0 Å². The molecule has 3 atom stereocenters. The second-order valence-corrected chi connectivity index (χ2v) is 5.92. The zero-order chi connectivity index (χ0) is 14.8. The Labute approximate surface area is 124 Å². The van der Waals surface area contributed by atoms with Gasteiger partial charge in [-0.3, -0.25) is 10.1 Å². The molecule has 2 aliphatic heterocycles. The highest BCUT2D eigenvalue weighted by Gasteiger charge is 2.38. The van der Waals surface area contributed by atoms with Gasteiger partial charge in [0.05, 0.1) is 12.6 Å². The molecule has 1 amide bonds. The molecule has 1 N–H and O–H groups in total. The molecule has 1 aromatic carbocycles. The van der Waals surface area contributed by atoms with E-state index in [1.165, 1.54) is 12.1 Å². The molecule has 0 aromatic heterocycles. The number of nitrogens with one attached hydrogen (secondary N) is 1. The van der Waals surface area contributed by atoms with Crippen LogP contribution in [0.5, 0.6) is 0 Å². The normalized spacial score (nSPS) is 29.9. The van der Waals surface area contributed by atoms with Crippen LogP contribution in [0.1, 0.15) is 31.5 Å². The van der Waals surface area contributed by atoms with Gasteiger partial charge in [0.2, 0.25) is 5.91 Å². The predicted molar refractivity (Wildman–Crippen MR) is 77.0 cm³/mol. The van der Waals surface area contributed by atoms with Crippen molar-refractivity contribution in [2.24, 2.45) is 5.92 Å². The number of halogens is 1. The van der Waals surface area contributed by atoms with Gasteiger partial charge in [0.1, 0.15) is 12.0 Å². The summed E-state index contributed by atoms with van der Waals surface area (Å²) in [6.45, 7) is 4.03. The van der Waals surface area contributed by atoms with Crippen LogP contribution < -0.4 is 5.32 Å². The lowest BCUT2D eigenvalue weighted by molar-refractivity contribution is -0.131. The highest BCUT2D eigenvalue weighted by molar-refractivity contribution is 5.84. The number of carbonyl (C=O) groups is 1. The lowest BCUT2D eigenvalue weighted by Crippen LogP contribution is -2.37. The Morgan fingerprint density at radius 3 is 3.05 bits per heavy atom. The van der Waals surface area contributed by atoms with E-state index in [0.717, 1.165) is 25.0 Å². The number of amides is 1. The first-order chi connectivity index (χ1) is 10.1. The van der Waals surface area contributed by atoms with Gasteiger partial charge in [0.25, 0.3) is 0 Å². The average molecular weight is 292 g/mol. The number of nitrogens with zero attached hydrogens (tertiary/aromatic N) is 1. The topological polar surface area (TPSA) is 41.6 Å². The van der Waals surface area contributed by atoms with Crippen LogP contribution in [0.15, 0.2) is 24.3 Å². The maximum absolute atomic E-state index is 13.4. The van der Waals surface area contributed by atoms with Gasteiger partial charge in [-0.05, 0) is 37.5 Å². The Hall–Kier alpha value is -1.46. The van der Waals surface area contributed by atoms with Crippen molar-refractivity contribution in [3.63, 3.8) is 0 Å². The van der Waals surface area contributed by atoms with Crippen LogP contribution in [0.2, 0.25) is 0 Å². The van der Waals surface area contributed by atoms with E-state index in [0.29, 0.717) is 19.1 Å². The van der Waals surface area contributed by atoms with E-state index in [1.807, 2.05) is 17.9 Å². The number of hydrogen-bond acceptors (Lipinski definition) is 3. The van der Waals surface area contributed by atoms with E-state index in [4.69, 9.17) is 4.74 Å². The fourth-order valence-electron chi connectivity index (χ4n) is 3.15. The summed E-state index contributed by atoms with van der Waals surface area (Å²) in [6.07, 6.45) is 1.87. The Morgan fingerprint density at radius 2 is 2.33 bits per heavy atom. The predicted octanol–water partition coefficient (Wildman–Crippen LogP) is 2.07. The van der Waals surface area contributed by atoms with Gasteiger partial charge in [0.15, 0.2) is 0 Å². The second-order valence-electron chi connectivity index (χ2n) is 5.92. The quantitative estimate of drug-likeness (QED) is 0.927. The van der Waals surface area contributed by atoms with Crippen LogP contribution >= 0.6 is 0 Å². The Kier molecular flexibility index (Phi) is 4.22. The molecular weight excluding hydrogens is 271 g/mol. The van der Waals surface area contributed by atoms with Crippen LogP contribution in [0.3, 0.4) is 0 Å². The van der Waals surface area contributed by atoms with Crippen molar-refractivity contribution in [2.75, 3.05) is 19.8 Å². The van der Waals surface area contributed by atoms with Gasteiger partial charge >= 0.3 is 0 Å². The first-order valence-corrected chi connectivity index (χ1v) is 7.55. The van der Waals surface area contributed by atoms with Crippen molar-refractivity contribution < 1.29 is 13.9 Å². The summed E-state index contributed by atoms with van der Waals surface area (Å²) in [5.41, 5.74) is 0.796. The number of carbonyl (C=O) groups excluding carboxylic acids is 1. The van der Waals surface area contributed by atoms with E-state index in [-0.39, 0.29) is 23.9 Å². The molecule has 0 radical (unpaired) electrons. The molecule has 0 aliphatic carbocycles. The summed E-state index contributed by atoms with van der Waals surface area (Å²) >= 11 is 0. The molecule has 3 rings (SSSR count). The standard InChI is InChI=1S/C16H21FN2O2/c1-11-16(20)19(9-12-4-3-7-21-10-12)15(18-11)13-5-2-6-14(17)8-13/h2,5-6,8,11-12,15,18H,3-4,7,9-10H2,1H3. The molecule has 1 aromatic rings. The van der Waals surface area contributed by atoms with Crippen molar-refractivity contribution in [3.05, 3.63) is 35.6 Å². The molecule has 2 saturated heterocycles. The number of hydrogen-bond donors (Lipinski definition) is 1. The minimum Gasteiger partial charge on any atom is -0.381 e. The van der Waals surface area contributed by atoms with E-state index in [2.05, 4.69) is 5.32 Å². The third kappa shape index (κ3) is 3.09. The Balaban J connectivity index is 1.78. The lowest BCUT2D eigenvalue weighted by Gasteiger charge is -2.30. The average Bonchev–Trinajstić information content (AvgIpc) is 2.77. The summed E-state index contributed by atoms with van der Waals surface area (Å²) in [7, 11) is 0. The fourth-order valence-corrected chi connectivity index (χ4v) is 3.15. The molecule has 114 valence electrons. The first kappa shape index (κ1) is 14.5. The third-order valence-corrected chi connectivity index (χ3v) is 4.25. The molecule has 2 heterocycles. The monoisotopic (exact) mass is 292 g/mol. The van der Waals surface area contributed by atoms with Crippen LogP contribution in [-0.2, 0) is 9.53 Å². The minimum atomic E-state index is -0.276. The fraction of sp³-hybridized carbons (Fsp3) is 0.562. The summed E-state index contributed by atoms with van der Waals surface area (Å²) in [4.78, 5) is 14.2. The lowest BCUT2D eigenvalue weighted by atomic mass is 10.0. The van der Waals surface area contributed by atoms with E-state index >= 15 is 0 Å².